The van der Waals surface area contributed by atoms with Gasteiger partial charge in [-0.1, -0.05) is 11.6 Å². The molecule has 1 aliphatic heterocycles. The molecule has 0 radical (unpaired) electrons. The predicted octanol–water partition coefficient (Wildman–Crippen LogP) is 3.71. The van der Waals surface area contributed by atoms with Crippen molar-refractivity contribution in [2.75, 3.05) is 25.9 Å². The van der Waals surface area contributed by atoms with Crippen LogP contribution in [0.4, 0.5) is 10.5 Å². The van der Waals surface area contributed by atoms with Crippen molar-refractivity contribution in [3.05, 3.63) is 46.9 Å². The first-order valence-electron chi connectivity index (χ1n) is 9.36. The van der Waals surface area contributed by atoms with E-state index in [-0.39, 0.29) is 12.1 Å². The van der Waals surface area contributed by atoms with Crippen molar-refractivity contribution in [2.45, 2.75) is 19.4 Å². The zero-order valence-corrected chi connectivity index (χ0v) is 17.0. The van der Waals surface area contributed by atoms with E-state index in [1.165, 1.54) is 6.20 Å². The van der Waals surface area contributed by atoms with E-state index in [0.717, 1.165) is 34.0 Å². The maximum Gasteiger partial charge on any atom is 0.317 e. The van der Waals surface area contributed by atoms with Crippen LogP contribution in [0.25, 0.3) is 22.0 Å². The van der Waals surface area contributed by atoms with E-state index in [1.807, 2.05) is 30.2 Å². The lowest BCUT2D eigenvalue weighted by Gasteiger charge is -2.17. The number of nitrogens with one attached hydrogen (secondary N) is 1. The first-order chi connectivity index (χ1) is 13.9. The SMILES string of the molecule is CNC(=O)N1CCC(n2cc(-c3cncc(N)c3Cl)c3cc(C#N)c(C)cc32)C1. The Kier molecular flexibility index (Phi) is 4.81. The molecule has 1 aromatic carbocycles. The third-order valence-corrected chi connectivity index (χ3v) is 5.98. The smallest absolute Gasteiger partial charge is 0.317 e. The highest BCUT2D eigenvalue weighted by molar-refractivity contribution is 6.36. The van der Waals surface area contributed by atoms with E-state index < -0.39 is 0 Å². The third kappa shape index (κ3) is 3.15. The van der Waals surface area contributed by atoms with Crippen LogP contribution < -0.4 is 11.1 Å². The van der Waals surface area contributed by atoms with Crippen molar-refractivity contribution in [1.29, 1.82) is 5.26 Å². The number of pyridine rings is 1. The maximum absolute atomic E-state index is 12.0. The quantitative estimate of drug-likeness (QED) is 0.675. The largest absolute Gasteiger partial charge is 0.396 e. The second-order valence-electron chi connectivity index (χ2n) is 7.28. The van der Waals surface area contributed by atoms with Crippen LogP contribution in [0.5, 0.6) is 0 Å². The van der Waals surface area contributed by atoms with Gasteiger partial charge in [-0.15, -0.1) is 0 Å². The second kappa shape index (κ2) is 7.30. The number of amides is 2. The van der Waals surface area contributed by atoms with Gasteiger partial charge in [-0.2, -0.15) is 5.26 Å². The molecule has 8 heteroatoms. The molecule has 1 unspecified atom stereocenters. The molecule has 148 valence electrons. The minimum absolute atomic E-state index is 0.0739. The number of halogens is 1. The molecule has 0 saturated carbocycles. The highest BCUT2D eigenvalue weighted by atomic mass is 35.5. The average molecular weight is 409 g/mol. The van der Waals surface area contributed by atoms with Crippen LogP contribution in [0.2, 0.25) is 5.02 Å². The molecule has 1 saturated heterocycles. The normalized spacial score (nSPS) is 16.2. The van der Waals surface area contributed by atoms with Gasteiger partial charge in [0, 0.05) is 54.6 Å². The summed E-state index contributed by atoms with van der Waals surface area (Å²) in [4.78, 5) is 18.0. The van der Waals surface area contributed by atoms with E-state index in [4.69, 9.17) is 17.3 Å². The van der Waals surface area contributed by atoms with Gasteiger partial charge in [0.15, 0.2) is 0 Å². The summed E-state index contributed by atoms with van der Waals surface area (Å²) in [5, 5.41) is 13.6. The molecule has 0 spiro atoms. The molecule has 1 aliphatic rings. The summed E-state index contributed by atoms with van der Waals surface area (Å²) < 4.78 is 2.18. The van der Waals surface area contributed by atoms with Gasteiger partial charge in [-0.25, -0.2) is 4.79 Å². The van der Waals surface area contributed by atoms with Crippen molar-refractivity contribution in [3.63, 3.8) is 0 Å². The maximum atomic E-state index is 12.0. The summed E-state index contributed by atoms with van der Waals surface area (Å²) in [5.74, 6) is 0. The number of nitrogens with zero attached hydrogens (tertiary/aromatic N) is 4. The molecule has 3 N–H and O–H groups in total. The molecule has 1 atom stereocenters. The highest BCUT2D eigenvalue weighted by Crippen LogP contribution is 2.40. The Balaban J connectivity index is 1.90. The number of likely N-dealkylation sites (tertiary alicyclic amines) is 1. The van der Waals surface area contributed by atoms with E-state index in [2.05, 4.69) is 20.9 Å². The number of anilines is 1. The Morgan fingerprint density at radius 3 is 2.90 bits per heavy atom. The second-order valence-corrected chi connectivity index (χ2v) is 7.66. The van der Waals surface area contributed by atoms with Crippen molar-refractivity contribution >= 4 is 34.2 Å². The van der Waals surface area contributed by atoms with Crippen LogP contribution in [0.1, 0.15) is 23.6 Å². The Morgan fingerprint density at radius 2 is 2.17 bits per heavy atom. The Labute approximate surface area is 173 Å². The summed E-state index contributed by atoms with van der Waals surface area (Å²) in [6.07, 6.45) is 6.09. The lowest BCUT2D eigenvalue weighted by atomic mass is 10.0. The van der Waals surface area contributed by atoms with Crippen molar-refractivity contribution in [2.24, 2.45) is 0 Å². The molecular formula is C21H21ClN6O. The Hall–Kier alpha value is -3.24. The zero-order chi connectivity index (χ0) is 20.7. The van der Waals surface area contributed by atoms with Crippen LogP contribution >= 0.6 is 11.6 Å². The number of benzene rings is 1. The lowest BCUT2D eigenvalue weighted by molar-refractivity contribution is 0.209. The van der Waals surface area contributed by atoms with Crippen LogP contribution in [-0.2, 0) is 0 Å². The number of nitrogens with two attached hydrogens (primary N) is 1. The van der Waals surface area contributed by atoms with Gasteiger partial charge in [0.2, 0.25) is 0 Å². The molecule has 3 aromatic rings. The summed E-state index contributed by atoms with van der Waals surface area (Å²) >= 11 is 6.49. The monoisotopic (exact) mass is 408 g/mol. The van der Waals surface area contributed by atoms with Crippen LogP contribution in [0, 0.1) is 18.3 Å². The number of rotatable bonds is 2. The van der Waals surface area contributed by atoms with Crippen molar-refractivity contribution in [1.82, 2.24) is 19.8 Å². The number of hydrogen-bond acceptors (Lipinski definition) is 4. The zero-order valence-electron chi connectivity index (χ0n) is 16.2. The summed E-state index contributed by atoms with van der Waals surface area (Å²) in [5.41, 5.74) is 10.5. The number of hydrogen-bond donors (Lipinski definition) is 2. The van der Waals surface area contributed by atoms with Gasteiger partial charge in [0.05, 0.1) is 34.6 Å². The van der Waals surface area contributed by atoms with Gasteiger partial charge in [0.1, 0.15) is 0 Å². The van der Waals surface area contributed by atoms with Crippen LogP contribution in [-0.4, -0.2) is 40.6 Å². The fourth-order valence-electron chi connectivity index (χ4n) is 4.00. The molecule has 1 fully saturated rings. The fourth-order valence-corrected chi connectivity index (χ4v) is 4.20. The number of fused-ring (bicyclic) bond motifs is 1. The summed E-state index contributed by atoms with van der Waals surface area (Å²) in [6, 6.07) is 6.22. The van der Waals surface area contributed by atoms with E-state index in [9.17, 15) is 10.1 Å². The summed E-state index contributed by atoms with van der Waals surface area (Å²) in [6.45, 7) is 3.23. The number of aryl methyl sites for hydroxylation is 1. The van der Waals surface area contributed by atoms with Crippen LogP contribution in [0.3, 0.4) is 0 Å². The van der Waals surface area contributed by atoms with Gasteiger partial charge in [0.25, 0.3) is 0 Å². The Bertz CT molecular complexity index is 1160. The van der Waals surface area contributed by atoms with E-state index >= 15 is 0 Å². The minimum Gasteiger partial charge on any atom is -0.396 e. The lowest BCUT2D eigenvalue weighted by Crippen LogP contribution is -2.36. The number of nitriles is 1. The van der Waals surface area contributed by atoms with Gasteiger partial charge >= 0.3 is 6.03 Å². The molecule has 2 aromatic heterocycles. The van der Waals surface area contributed by atoms with Gasteiger partial charge < -0.3 is 20.5 Å². The Morgan fingerprint density at radius 1 is 1.38 bits per heavy atom. The van der Waals surface area contributed by atoms with Crippen molar-refractivity contribution < 1.29 is 4.79 Å². The number of aromatic nitrogens is 2. The fraction of sp³-hybridized carbons (Fsp3) is 0.286. The topological polar surface area (TPSA) is 100.0 Å². The van der Waals surface area contributed by atoms with Crippen molar-refractivity contribution in [3.8, 4) is 17.2 Å². The number of carbonyl (C=O) groups excluding carboxylic acids is 1. The minimum atomic E-state index is -0.0739. The van der Waals surface area contributed by atoms with Crippen LogP contribution in [0.15, 0.2) is 30.7 Å². The predicted molar refractivity (Wildman–Crippen MR) is 114 cm³/mol. The molecule has 0 bridgehead atoms. The first kappa shape index (κ1) is 19.1. The van der Waals surface area contributed by atoms with Gasteiger partial charge in [-0.3, -0.25) is 4.98 Å². The average Bonchev–Trinajstić information content (AvgIpc) is 3.33. The number of nitrogen functional groups attached to an aromatic ring is 1. The van der Waals surface area contributed by atoms with E-state index in [1.54, 1.807) is 13.2 Å². The molecule has 3 heterocycles. The molecule has 2 amide bonds. The van der Waals surface area contributed by atoms with E-state index in [0.29, 0.717) is 29.4 Å². The highest BCUT2D eigenvalue weighted by Gasteiger charge is 2.29. The molecule has 29 heavy (non-hydrogen) atoms. The third-order valence-electron chi connectivity index (χ3n) is 5.55. The molecule has 7 nitrogen and oxygen atoms in total. The molecule has 0 aliphatic carbocycles. The number of urea groups is 1. The number of carbonyl (C=O) groups is 1. The molecule has 4 rings (SSSR count). The van der Waals surface area contributed by atoms with Gasteiger partial charge in [-0.05, 0) is 31.0 Å². The standard InChI is InChI=1S/C21H21ClN6O/c1-12-5-19-15(6-13(12)7-23)17(16-8-26-9-18(24)20(16)22)11-28(19)14-3-4-27(10-14)21(29)25-2/h5-6,8-9,11,14H,3-4,10,24H2,1-2H3,(H,25,29). The molecular weight excluding hydrogens is 388 g/mol. The summed E-state index contributed by atoms with van der Waals surface area (Å²) in [7, 11) is 1.64. The first-order valence-corrected chi connectivity index (χ1v) is 9.73.